The average Bonchev–Trinajstić information content (AvgIpc) is 2.98. The van der Waals surface area contributed by atoms with Crippen molar-refractivity contribution >= 4 is 12.2 Å². The maximum Gasteiger partial charge on any atom is 0.228 e. The molecule has 0 atom stereocenters. The largest absolute Gasteiger partial charge is 0.506 e. The summed E-state index contributed by atoms with van der Waals surface area (Å²) >= 11 is 0. The van der Waals surface area contributed by atoms with Gasteiger partial charge in [0.1, 0.15) is 11.4 Å². The van der Waals surface area contributed by atoms with Crippen LogP contribution in [-0.4, -0.2) is 22.3 Å². The number of primary amides is 1. The van der Waals surface area contributed by atoms with Crippen molar-refractivity contribution in [3.05, 3.63) is 23.5 Å². The van der Waals surface area contributed by atoms with E-state index in [0.29, 0.717) is 24.7 Å². The first kappa shape index (κ1) is 9.64. The van der Waals surface area contributed by atoms with E-state index in [2.05, 4.69) is 4.98 Å². The second-order valence-electron chi connectivity index (χ2n) is 3.69. The third-order valence-electron chi connectivity index (χ3n) is 2.78. The number of rotatable bonds is 3. The minimum absolute atomic E-state index is 0.0287. The number of amides is 1. The van der Waals surface area contributed by atoms with E-state index in [4.69, 9.17) is 5.73 Å². The molecule has 15 heavy (non-hydrogen) atoms. The first-order valence-corrected chi connectivity index (χ1v) is 4.55. The Bertz CT molecular complexity index is 438. The molecule has 5 nitrogen and oxygen atoms in total. The topological polar surface area (TPSA) is 93.3 Å². The van der Waals surface area contributed by atoms with Crippen molar-refractivity contribution in [3.8, 4) is 5.75 Å². The average molecular weight is 206 g/mol. The van der Waals surface area contributed by atoms with Crippen molar-refractivity contribution in [2.24, 2.45) is 5.73 Å². The number of nitrogens with zero attached hydrogens (tertiary/aromatic N) is 1. The maximum atomic E-state index is 11.2. The molecule has 0 aliphatic heterocycles. The van der Waals surface area contributed by atoms with Crippen LogP contribution in [0, 0.1) is 0 Å². The Hall–Kier alpha value is -1.91. The molecule has 1 aliphatic rings. The molecule has 0 aromatic carbocycles. The number of nitrogens with two attached hydrogens (primary N) is 1. The summed E-state index contributed by atoms with van der Waals surface area (Å²) in [4.78, 5) is 25.4. The van der Waals surface area contributed by atoms with Crippen LogP contribution in [0.5, 0.6) is 5.75 Å². The molecular formula is C10H10N2O3. The Kier molecular flexibility index (Phi) is 1.96. The molecule has 1 aromatic rings. The van der Waals surface area contributed by atoms with Gasteiger partial charge in [-0.05, 0) is 24.5 Å². The molecule has 0 radical (unpaired) electrons. The van der Waals surface area contributed by atoms with Crippen molar-refractivity contribution in [1.82, 2.24) is 4.98 Å². The maximum absolute atomic E-state index is 11.2. The second kappa shape index (κ2) is 3.05. The summed E-state index contributed by atoms with van der Waals surface area (Å²) < 4.78 is 0. The second-order valence-corrected chi connectivity index (χ2v) is 3.69. The molecule has 0 unspecified atom stereocenters. The molecule has 5 heteroatoms. The van der Waals surface area contributed by atoms with Gasteiger partial charge in [0.15, 0.2) is 6.29 Å². The number of aromatic nitrogens is 1. The number of pyridine rings is 1. The molecule has 1 saturated carbocycles. The lowest BCUT2D eigenvalue weighted by Gasteiger charge is -2.11. The van der Waals surface area contributed by atoms with Crippen molar-refractivity contribution < 1.29 is 14.7 Å². The van der Waals surface area contributed by atoms with Gasteiger partial charge in [0, 0.05) is 6.20 Å². The Morgan fingerprint density at radius 3 is 2.67 bits per heavy atom. The Balaban J connectivity index is 2.43. The van der Waals surface area contributed by atoms with Crippen LogP contribution in [0.2, 0.25) is 0 Å². The Morgan fingerprint density at radius 2 is 2.27 bits per heavy atom. The van der Waals surface area contributed by atoms with E-state index in [1.165, 1.54) is 12.3 Å². The quantitative estimate of drug-likeness (QED) is 0.686. The van der Waals surface area contributed by atoms with E-state index < -0.39 is 11.3 Å². The molecule has 0 bridgehead atoms. The van der Waals surface area contributed by atoms with Gasteiger partial charge < -0.3 is 10.8 Å². The van der Waals surface area contributed by atoms with Crippen molar-refractivity contribution in [3.63, 3.8) is 0 Å². The summed E-state index contributed by atoms with van der Waals surface area (Å²) in [5, 5.41) is 9.42. The van der Waals surface area contributed by atoms with Crippen LogP contribution >= 0.6 is 0 Å². The molecule has 1 aromatic heterocycles. The van der Waals surface area contributed by atoms with Crippen LogP contribution in [0.3, 0.4) is 0 Å². The molecule has 1 aliphatic carbocycles. The van der Waals surface area contributed by atoms with Gasteiger partial charge in [-0.3, -0.25) is 9.59 Å². The third-order valence-corrected chi connectivity index (χ3v) is 2.78. The third kappa shape index (κ3) is 1.36. The van der Waals surface area contributed by atoms with Crippen LogP contribution in [0.25, 0.3) is 0 Å². The number of carbonyl (C=O) groups is 2. The fraction of sp³-hybridized carbons (Fsp3) is 0.300. The van der Waals surface area contributed by atoms with Gasteiger partial charge in [-0.15, -0.1) is 0 Å². The zero-order valence-corrected chi connectivity index (χ0v) is 7.93. The lowest BCUT2D eigenvalue weighted by molar-refractivity contribution is -0.120. The molecule has 2 rings (SSSR count). The molecule has 1 fully saturated rings. The van der Waals surface area contributed by atoms with E-state index in [0.717, 1.165) is 0 Å². The number of aldehydes is 1. The summed E-state index contributed by atoms with van der Waals surface area (Å²) in [6.45, 7) is 0. The Labute approximate surface area is 85.9 Å². The zero-order chi connectivity index (χ0) is 11.1. The zero-order valence-electron chi connectivity index (χ0n) is 7.93. The first-order valence-electron chi connectivity index (χ1n) is 4.55. The molecule has 1 amide bonds. The molecule has 78 valence electrons. The first-order chi connectivity index (χ1) is 7.10. The predicted molar refractivity (Wildman–Crippen MR) is 51.4 cm³/mol. The highest BCUT2D eigenvalue weighted by molar-refractivity contribution is 5.90. The molecule has 0 saturated heterocycles. The van der Waals surface area contributed by atoms with Crippen LogP contribution in [-0.2, 0) is 10.2 Å². The van der Waals surface area contributed by atoms with E-state index in [9.17, 15) is 14.7 Å². The van der Waals surface area contributed by atoms with Gasteiger partial charge in [-0.2, -0.15) is 0 Å². The van der Waals surface area contributed by atoms with Gasteiger partial charge in [0.25, 0.3) is 0 Å². The summed E-state index contributed by atoms with van der Waals surface area (Å²) in [6, 6.07) is 1.38. The normalized spacial score (nSPS) is 17.1. The van der Waals surface area contributed by atoms with Crippen molar-refractivity contribution in [2.75, 3.05) is 0 Å². The predicted octanol–water partition coefficient (Wildman–Crippen LogP) is 0.117. The SMILES string of the molecule is NC(=O)C1(c2cnc(C=O)c(O)c2)CC1. The fourth-order valence-electron chi connectivity index (χ4n) is 1.62. The highest BCUT2D eigenvalue weighted by Gasteiger charge is 2.50. The monoisotopic (exact) mass is 206 g/mol. The number of carbonyl (C=O) groups excluding carboxylic acids is 2. The number of hydrogen-bond acceptors (Lipinski definition) is 4. The van der Waals surface area contributed by atoms with Gasteiger partial charge >= 0.3 is 0 Å². The van der Waals surface area contributed by atoms with E-state index in [1.807, 2.05) is 0 Å². The Morgan fingerprint density at radius 1 is 1.60 bits per heavy atom. The number of aromatic hydroxyl groups is 1. The molecule has 1 heterocycles. The van der Waals surface area contributed by atoms with E-state index in [1.54, 1.807) is 0 Å². The summed E-state index contributed by atoms with van der Waals surface area (Å²) in [6.07, 6.45) is 3.22. The van der Waals surface area contributed by atoms with Crippen molar-refractivity contribution in [2.45, 2.75) is 18.3 Å². The minimum atomic E-state index is -0.675. The fourth-order valence-corrected chi connectivity index (χ4v) is 1.62. The lowest BCUT2D eigenvalue weighted by Crippen LogP contribution is -2.28. The smallest absolute Gasteiger partial charge is 0.228 e. The number of hydrogen-bond donors (Lipinski definition) is 2. The molecule has 0 spiro atoms. The highest BCUT2D eigenvalue weighted by atomic mass is 16.3. The van der Waals surface area contributed by atoms with Crippen LogP contribution in [0.4, 0.5) is 0 Å². The van der Waals surface area contributed by atoms with Gasteiger partial charge in [-0.25, -0.2) is 4.98 Å². The van der Waals surface area contributed by atoms with Gasteiger partial charge in [-0.1, -0.05) is 0 Å². The van der Waals surface area contributed by atoms with E-state index in [-0.39, 0.29) is 11.4 Å². The van der Waals surface area contributed by atoms with Crippen LogP contribution in [0.1, 0.15) is 28.9 Å². The standard InChI is InChI=1S/C10H10N2O3/c11-9(15)10(1-2-10)6-3-8(14)7(5-13)12-4-6/h3-5,14H,1-2H2,(H2,11,15). The summed E-state index contributed by atoms with van der Waals surface area (Å²) in [5.74, 6) is -0.627. The molecule has 3 N–H and O–H groups in total. The van der Waals surface area contributed by atoms with Crippen molar-refractivity contribution in [1.29, 1.82) is 0 Å². The van der Waals surface area contributed by atoms with Gasteiger partial charge in [0.2, 0.25) is 5.91 Å². The minimum Gasteiger partial charge on any atom is -0.506 e. The van der Waals surface area contributed by atoms with E-state index >= 15 is 0 Å². The van der Waals surface area contributed by atoms with Crippen LogP contribution < -0.4 is 5.73 Å². The van der Waals surface area contributed by atoms with Gasteiger partial charge in [0.05, 0.1) is 5.41 Å². The highest BCUT2D eigenvalue weighted by Crippen LogP contribution is 2.48. The molecular weight excluding hydrogens is 196 g/mol. The van der Waals surface area contributed by atoms with Crippen LogP contribution in [0.15, 0.2) is 12.3 Å². The summed E-state index contributed by atoms with van der Waals surface area (Å²) in [7, 11) is 0. The lowest BCUT2D eigenvalue weighted by atomic mass is 9.96. The summed E-state index contributed by atoms with van der Waals surface area (Å²) in [5.41, 5.74) is 5.15.